The first kappa shape index (κ1) is 19.5. The lowest BCUT2D eigenvalue weighted by Gasteiger charge is -2.27. The van der Waals surface area contributed by atoms with Gasteiger partial charge in [0.25, 0.3) is 0 Å². The van der Waals surface area contributed by atoms with Crippen LogP contribution in [0, 0.1) is 5.41 Å². The molecule has 0 amide bonds. The second kappa shape index (κ2) is 8.18. The quantitative estimate of drug-likeness (QED) is 0.363. The molecular weight excluding hydrogens is 331 g/mol. The summed E-state index contributed by atoms with van der Waals surface area (Å²) in [5.74, 6) is 0. The van der Waals surface area contributed by atoms with Gasteiger partial charge in [0.1, 0.15) is 11.2 Å². The summed E-state index contributed by atoms with van der Waals surface area (Å²) < 4.78 is 11.9. The Hall–Kier alpha value is -2.26. The van der Waals surface area contributed by atoms with E-state index >= 15 is 0 Å². The molecule has 2 aromatic carbocycles. The fourth-order valence-corrected chi connectivity index (χ4v) is 2.83. The molecule has 0 fully saturated rings. The van der Waals surface area contributed by atoms with Gasteiger partial charge >= 0.3 is 7.48 Å². The molecule has 0 bridgehead atoms. The van der Waals surface area contributed by atoms with Crippen LogP contribution in [0.5, 0.6) is 0 Å². The maximum Gasteiger partial charge on any atom is 0.325 e. The van der Waals surface area contributed by atoms with Crippen molar-refractivity contribution in [2.24, 2.45) is 5.41 Å². The normalized spacial score (nSPS) is 14.3. The molecule has 1 heterocycles. The second-order valence-electron chi connectivity index (χ2n) is 8.20. The van der Waals surface area contributed by atoms with Crippen molar-refractivity contribution in [3.05, 3.63) is 71.7 Å². The minimum absolute atomic E-state index is 0.137. The molecule has 0 spiro atoms. The number of para-hydroxylation sites is 2. The number of allylic oxidation sites excluding steroid dienone is 4. The molecule has 3 heteroatoms. The van der Waals surface area contributed by atoms with Crippen LogP contribution in [0.1, 0.15) is 40.2 Å². The lowest BCUT2D eigenvalue weighted by atomic mass is 9.84. The molecule has 0 aliphatic heterocycles. The lowest BCUT2D eigenvalue weighted by molar-refractivity contribution is 0.110. The summed E-state index contributed by atoms with van der Waals surface area (Å²) in [4.78, 5) is 0. The van der Waals surface area contributed by atoms with Crippen LogP contribution < -0.4 is 0 Å². The number of hydrogen-bond donors (Lipinski definition) is 0. The van der Waals surface area contributed by atoms with Crippen LogP contribution >= 0.6 is 0 Å². The van der Waals surface area contributed by atoms with E-state index in [9.17, 15) is 0 Å². The number of fused-ring (bicyclic) bond motifs is 3. The van der Waals surface area contributed by atoms with Gasteiger partial charge in [-0.05, 0) is 37.3 Å². The van der Waals surface area contributed by atoms with Crippen molar-refractivity contribution in [2.45, 2.75) is 47.1 Å². The highest BCUT2D eigenvalue weighted by Crippen LogP contribution is 2.30. The first-order valence-corrected chi connectivity index (χ1v) is 9.57. The van der Waals surface area contributed by atoms with E-state index < -0.39 is 0 Å². The zero-order chi connectivity index (χ0) is 19.4. The predicted molar refractivity (Wildman–Crippen MR) is 116 cm³/mol. The highest BCUT2D eigenvalue weighted by molar-refractivity contribution is 6.37. The van der Waals surface area contributed by atoms with Crippen molar-refractivity contribution in [3.8, 4) is 0 Å². The highest BCUT2D eigenvalue weighted by atomic mass is 16.4. The molecule has 3 aromatic rings. The topological polar surface area (TPSA) is 22.4 Å². The van der Waals surface area contributed by atoms with Gasteiger partial charge in [0, 0.05) is 16.9 Å². The predicted octanol–water partition coefficient (Wildman–Crippen LogP) is 6.66. The average Bonchev–Trinajstić information content (AvgIpc) is 3.02. The number of rotatable bonds is 6. The van der Waals surface area contributed by atoms with Crippen LogP contribution in [0.3, 0.4) is 0 Å². The lowest BCUT2D eigenvalue weighted by Crippen LogP contribution is -2.27. The van der Waals surface area contributed by atoms with Crippen molar-refractivity contribution >= 4 is 29.4 Å². The fraction of sp³-hybridized carbons (Fsp3) is 0.333. The summed E-state index contributed by atoms with van der Waals surface area (Å²) in [5.41, 5.74) is 4.37. The zero-order valence-electron chi connectivity index (χ0n) is 17.0. The molecule has 0 aliphatic carbocycles. The standard InChI is InChI=1S/C24H28BO2/c1-17(25-27-18(2)24(3,4)5)11-6-7-12-19-13-10-15-21-20-14-8-9-16-22(20)26-23(19)21/h6-11,13-16,18H,12H2,1-5H3/b7-6+,17-11+. The summed E-state index contributed by atoms with van der Waals surface area (Å²) in [6.07, 6.45) is 7.33. The summed E-state index contributed by atoms with van der Waals surface area (Å²) in [6.45, 7) is 10.7. The fourth-order valence-electron chi connectivity index (χ4n) is 2.83. The van der Waals surface area contributed by atoms with Crippen molar-refractivity contribution < 1.29 is 9.07 Å². The van der Waals surface area contributed by atoms with E-state index in [4.69, 9.17) is 9.07 Å². The van der Waals surface area contributed by atoms with E-state index in [2.05, 4.69) is 83.2 Å². The van der Waals surface area contributed by atoms with Crippen LogP contribution in [0.25, 0.3) is 21.9 Å². The molecule has 139 valence electrons. The second-order valence-corrected chi connectivity index (χ2v) is 8.20. The zero-order valence-corrected chi connectivity index (χ0v) is 17.0. The van der Waals surface area contributed by atoms with Crippen LogP contribution in [-0.2, 0) is 11.1 Å². The maximum atomic E-state index is 6.08. The smallest absolute Gasteiger partial charge is 0.325 e. The van der Waals surface area contributed by atoms with Gasteiger partial charge in [-0.3, -0.25) is 0 Å². The third-order valence-corrected chi connectivity index (χ3v) is 5.00. The minimum atomic E-state index is 0.137. The minimum Gasteiger partial charge on any atom is -0.456 e. The van der Waals surface area contributed by atoms with E-state index in [1.54, 1.807) is 0 Å². The van der Waals surface area contributed by atoms with E-state index in [1.165, 1.54) is 16.3 Å². The summed E-state index contributed by atoms with van der Waals surface area (Å²) in [6, 6.07) is 14.6. The van der Waals surface area contributed by atoms with Crippen molar-refractivity contribution in [1.82, 2.24) is 0 Å². The number of furan rings is 1. The van der Waals surface area contributed by atoms with Crippen LogP contribution in [0.4, 0.5) is 0 Å². The Balaban J connectivity index is 1.66. The summed E-state index contributed by atoms with van der Waals surface area (Å²) >= 11 is 0. The molecule has 0 saturated heterocycles. The van der Waals surface area contributed by atoms with Gasteiger partial charge in [-0.1, -0.05) is 80.9 Å². The van der Waals surface area contributed by atoms with E-state index in [1.807, 2.05) is 19.6 Å². The third-order valence-electron chi connectivity index (χ3n) is 5.00. The molecule has 1 atom stereocenters. The Bertz CT molecular complexity index is 973. The largest absolute Gasteiger partial charge is 0.456 e. The Kier molecular flexibility index (Phi) is 5.91. The van der Waals surface area contributed by atoms with E-state index in [0.717, 1.165) is 23.1 Å². The Labute approximate surface area is 163 Å². The van der Waals surface area contributed by atoms with Crippen LogP contribution in [-0.4, -0.2) is 13.6 Å². The third kappa shape index (κ3) is 4.73. The molecule has 1 aromatic heterocycles. The van der Waals surface area contributed by atoms with Crippen molar-refractivity contribution in [3.63, 3.8) is 0 Å². The molecule has 0 saturated carbocycles. The SMILES string of the molecule is C/C([B]OC(C)C(C)(C)C)=C\C=C\Cc1cccc2c1oc1ccccc12. The average molecular weight is 359 g/mol. The summed E-state index contributed by atoms with van der Waals surface area (Å²) in [7, 11) is 1.85. The Morgan fingerprint density at radius 2 is 1.85 bits per heavy atom. The molecule has 27 heavy (non-hydrogen) atoms. The van der Waals surface area contributed by atoms with E-state index in [-0.39, 0.29) is 11.5 Å². The van der Waals surface area contributed by atoms with Gasteiger partial charge in [0.15, 0.2) is 0 Å². The monoisotopic (exact) mass is 359 g/mol. The first-order valence-electron chi connectivity index (χ1n) is 9.57. The molecule has 2 nitrogen and oxygen atoms in total. The van der Waals surface area contributed by atoms with Crippen molar-refractivity contribution in [2.75, 3.05) is 0 Å². The van der Waals surface area contributed by atoms with Gasteiger partial charge < -0.3 is 9.07 Å². The van der Waals surface area contributed by atoms with Gasteiger partial charge in [-0.15, -0.1) is 0 Å². The van der Waals surface area contributed by atoms with Crippen molar-refractivity contribution in [1.29, 1.82) is 0 Å². The summed E-state index contributed by atoms with van der Waals surface area (Å²) in [5, 5.41) is 2.36. The maximum absolute atomic E-state index is 6.08. The first-order chi connectivity index (χ1) is 12.9. The Morgan fingerprint density at radius 3 is 2.63 bits per heavy atom. The molecule has 3 rings (SSSR count). The molecular formula is C24H28BO2. The highest BCUT2D eigenvalue weighted by Gasteiger charge is 2.20. The molecule has 0 N–H and O–H groups in total. The molecule has 0 aliphatic rings. The van der Waals surface area contributed by atoms with Gasteiger partial charge in [-0.25, -0.2) is 0 Å². The molecule has 1 radical (unpaired) electrons. The number of benzene rings is 2. The van der Waals surface area contributed by atoms with Gasteiger partial charge in [0.05, 0.1) is 0 Å². The van der Waals surface area contributed by atoms with Crippen LogP contribution in [0.2, 0.25) is 0 Å². The molecule has 1 unspecified atom stereocenters. The van der Waals surface area contributed by atoms with Gasteiger partial charge in [-0.2, -0.15) is 0 Å². The van der Waals surface area contributed by atoms with Crippen LogP contribution in [0.15, 0.2) is 70.6 Å². The van der Waals surface area contributed by atoms with Gasteiger partial charge in [0.2, 0.25) is 0 Å². The van der Waals surface area contributed by atoms with E-state index in [0.29, 0.717) is 0 Å². The number of hydrogen-bond acceptors (Lipinski definition) is 2. The Morgan fingerprint density at radius 1 is 1.11 bits per heavy atom.